The van der Waals surface area contributed by atoms with Crippen LogP contribution < -0.4 is 10.2 Å². The maximum atomic E-state index is 12.4. The van der Waals surface area contributed by atoms with Gasteiger partial charge in [0.2, 0.25) is 0 Å². The van der Waals surface area contributed by atoms with Crippen molar-refractivity contribution in [3.8, 4) is 5.82 Å². The molecular formula is C20H17N5O4S. The number of sulfonamides is 1. The highest BCUT2D eigenvalue weighted by Crippen LogP contribution is 2.18. The normalized spacial score (nSPS) is 11.5. The summed E-state index contributed by atoms with van der Waals surface area (Å²) < 4.78 is 25.6. The molecule has 0 radical (unpaired) electrons. The molecule has 0 aliphatic heterocycles. The summed E-state index contributed by atoms with van der Waals surface area (Å²) in [6.07, 6.45) is 3.24. The van der Waals surface area contributed by atoms with Crippen LogP contribution in [0.25, 0.3) is 16.9 Å². The second kappa shape index (κ2) is 8.03. The molecule has 2 aromatic carbocycles. The topological polar surface area (TPSA) is 115 Å². The molecule has 2 aromatic heterocycles. The van der Waals surface area contributed by atoms with Gasteiger partial charge in [0.1, 0.15) is 12.1 Å². The number of rotatable bonds is 6. The lowest BCUT2D eigenvalue weighted by molar-refractivity contribution is 0.102. The molecule has 4 aromatic rings. The standard InChI is InChI=1S/C20H17N5O4S/c1-29-24-30(27,28)16-9-6-14(7-10-16)20(26)23-15-8-11-19(21-12-15)25-13-22-17-4-2-3-5-18(17)25/h2-13,24H,1H3,(H,23,26). The van der Waals surface area contributed by atoms with Crippen LogP contribution in [-0.4, -0.2) is 36.0 Å². The number of fused-ring (bicyclic) bond motifs is 1. The Hall–Kier alpha value is -3.60. The highest BCUT2D eigenvalue weighted by Gasteiger charge is 2.15. The third-order valence-corrected chi connectivity index (χ3v) is 5.60. The van der Waals surface area contributed by atoms with E-state index in [-0.39, 0.29) is 10.8 Å². The summed E-state index contributed by atoms with van der Waals surface area (Å²) in [5.41, 5.74) is 2.60. The molecule has 10 heteroatoms. The molecule has 9 nitrogen and oxygen atoms in total. The lowest BCUT2D eigenvalue weighted by atomic mass is 10.2. The molecule has 4 rings (SSSR count). The van der Waals surface area contributed by atoms with E-state index in [1.165, 1.54) is 31.4 Å². The molecule has 0 fully saturated rings. The van der Waals surface area contributed by atoms with Gasteiger partial charge < -0.3 is 5.32 Å². The average molecular weight is 423 g/mol. The predicted molar refractivity (Wildman–Crippen MR) is 111 cm³/mol. The minimum Gasteiger partial charge on any atom is -0.321 e. The molecule has 0 unspecified atom stereocenters. The Morgan fingerprint density at radius 1 is 1.00 bits per heavy atom. The lowest BCUT2D eigenvalue weighted by Crippen LogP contribution is -2.22. The summed E-state index contributed by atoms with van der Waals surface area (Å²) >= 11 is 0. The van der Waals surface area contributed by atoms with Crippen molar-refractivity contribution in [2.75, 3.05) is 12.4 Å². The maximum Gasteiger partial charge on any atom is 0.262 e. The van der Waals surface area contributed by atoms with Gasteiger partial charge in [-0.1, -0.05) is 17.0 Å². The number of hydrogen-bond donors (Lipinski definition) is 2. The van der Waals surface area contributed by atoms with Crippen molar-refractivity contribution in [1.29, 1.82) is 0 Å². The second-order valence-electron chi connectivity index (χ2n) is 6.28. The number of nitrogens with zero attached hydrogens (tertiary/aromatic N) is 3. The molecule has 0 atom stereocenters. The van der Waals surface area contributed by atoms with E-state index in [2.05, 4.69) is 20.1 Å². The van der Waals surface area contributed by atoms with E-state index in [0.717, 1.165) is 11.0 Å². The third kappa shape index (κ3) is 3.92. The Morgan fingerprint density at radius 2 is 1.77 bits per heavy atom. The smallest absolute Gasteiger partial charge is 0.262 e. The van der Waals surface area contributed by atoms with Gasteiger partial charge >= 0.3 is 0 Å². The number of carbonyl (C=O) groups excluding carboxylic acids is 1. The summed E-state index contributed by atoms with van der Waals surface area (Å²) in [5, 5.41) is 2.74. The fourth-order valence-electron chi connectivity index (χ4n) is 2.89. The van der Waals surface area contributed by atoms with Crippen molar-refractivity contribution in [2.45, 2.75) is 4.90 Å². The second-order valence-corrected chi connectivity index (χ2v) is 7.92. The SMILES string of the molecule is CONS(=O)(=O)c1ccc(C(=O)Nc2ccc(-n3cnc4ccccc43)nc2)cc1. The quantitative estimate of drug-likeness (QED) is 0.461. The zero-order chi connectivity index (χ0) is 21.1. The monoisotopic (exact) mass is 423 g/mol. The van der Waals surface area contributed by atoms with Crippen LogP contribution in [0.2, 0.25) is 0 Å². The zero-order valence-electron chi connectivity index (χ0n) is 15.8. The number of para-hydroxylation sites is 2. The third-order valence-electron chi connectivity index (χ3n) is 4.33. The number of imidazole rings is 1. The Labute approximate surface area is 172 Å². The van der Waals surface area contributed by atoms with Gasteiger partial charge in [0, 0.05) is 5.56 Å². The molecule has 0 saturated heterocycles. The zero-order valence-corrected chi connectivity index (χ0v) is 16.6. The highest BCUT2D eigenvalue weighted by molar-refractivity contribution is 7.89. The molecule has 0 aliphatic carbocycles. The first-order valence-electron chi connectivity index (χ1n) is 8.83. The van der Waals surface area contributed by atoms with Crippen LogP contribution in [0.3, 0.4) is 0 Å². The van der Waals surface area contributed by atoms with Gasteiger partial charge in [-0.05, 0) is 48.5 Å². The van der Waals surface area contributed by atoms with Crippen LogP contribution in [0.15, 0.2) is 78.1 Å². The molecule has 0 saturated carbocycles. The van der Waals surface area contributed by atoms with E-state index in [1.54, 1.807) is 24.7 Å². The molecular weight excluding hydrogens is 406 g/mol. The minimum absolute atomic E-state index is 0.0144. The summed E-state index contributed by atoms with van der Waals surface area (Å²) in [6, 6.07) is 16.7. The van der Waals surface area contributed by atoms with Gasteiger partial charge in [-0.15, -0.1) is 0 Å². The van der Waals surface area contributed by atoms with E-state index in [4.69, 9.17) is 0 Å². The van der Waals surface area contributed by atoms with Gasteiger partial charge in [-0.3, -0.25) is 14.2 Å². The molecule has 0 bridgehead atoms. The van der Waals surface area contributed by atoms with Crippen molar-refractivity contribution in [3.63, 3.8) is 0 Å². The molecule has 0 aliphatic rings. The van der Waals surface area contributed by atoms with Crippen LogP contribution in [0.5, 0.6) is 0 Å². The number of pyridine rings is 1. The first kappa shape index (κ1) is 19.7. The number of anilines is 1. The van der Waals surface area contributed by atoms with Crippen molar-refractivity contribution in [1.82, 2.24) is 19.4 Å². The maximum absolute atomic E-state index is 12.4. The van der Waals surface area contributed by atoms with E-state index < -0.39 is 10.0 Å². The van der Waals surface area contributed by atoms with Crippen LogP contribution >= 0.6 is 0 Å². The van der Waals surface area contributed by atoms with Crippen molar-refractivity contribution in [2.24, 2.45) is 0 Å². The average Bonchev–Trinajstić information content (AvgIpc) is 3.18. The molecule has 2 heterocycles. The summed E-state index contributed by atoms with van der Waals surface area (Å²) in [6.45, 7) is 0. The number of hydrogen-bond acceptors (Lipinski definition) is 6. The predicted octanol–water partition coefficient (Wildman–Crippen LogP) is 2.51. The first-order chi connectivity index (χ1) is 14.5. The van der Waals surface area contributed by atoms with Crippen LogP contribution in [0, 0.1) is 0 Å². The Balaban J connectivity index is 1.49. The van der Waals surface area contributed by atoms with Gasteiger partial charge in [-0.2, -0.15) is 0 Å². The fourth-order valence-corrected chi connectivity index (χ4v) is 3.70. The largest absolute Gasteiger partial charge is 0.321 e. The van der Waals surface area contributed by atoms with Gasteiger partial charge in [0.15, 0.2) is 0 Å². The van der Waals surface area contributed by atoms with E-state index in [0.29, 0.717) is 17.1 Å². The van der Waals surface area contributed by atoms with E-state index in [9.17, 15) is 13.2 Å². The van der Waals surface area contributed by atoms with Crippen LogP contribution in [0.4, 0.5) is 5.69 Å². The summed E-state index contributed by atoms with van der Waals surface area (Å²) in [4.78, 5) is 27.5. The Bertz CT molecular complexity index is 1300. The van der Waals surface area contributed by atoms with Gasteiger partial charge in [0.05, 0.1) is 34.9 Å². The lowest BCUT2D eigenvalue weighted by Gasteiger charge is -2.08. The molecule has 2 N–H and O–H groups in total. The minimum atomic E-state index is -3.78. The molecule has 1 amide bonds. The number of aromatic nitrogens is 3. The van der Waals surface area contributed by atoms with Gasteiger partial charge in [-0.25, -0.2) is 18.4 Å². The van der Waals surface area contributed by atoms with E-state index >= 15 is 0 Å². The van der Waals surface area contributed by atoms with Crippen molar-refractivity contribution >= 4 is 32.7 Å². The molecule has 30 heavy (non-hydrogen) atoms. The van der Waals surface area contributed by atoms with Crippen LogP contribution in [0.1, 0.15) is 10.4 Å². The Morgan fingerprint density at radius 3 is 2.47 bits per heavy atom. The van der Waals surface area contributed by atoms with E-state index in [1.807, 2.05) is 33.7 Å². The highest BCUT2D eigenvalue weighted by atomic mass is 32.2. The first-order valence-corrected chi connectivity index (χ1v) is 10.3. The number of benzene rings is 2. The fraction of sp³-hybridized carbons (Fsp3) is 0.0500. The Kier molecular flexibility index (Phi) is 5.27. The number of carbonyl (C=O) groups is 1. The van der Waals surface area contributed by atoms with Crippen molar-refractivity contribution in [3.05, 3.63) is 78.8 Å². The summed E-state index contributed by atoms with van der Waals surface area (Å²) in [5.74, 6) is 0.281. The van der Waals surface area contributed by atoms with Gasteiger partial charge in [0.25, 0.3) is 15.9 Å². The molecule has 152 valence electrons. The summed E-state index contributed by atoms with van der Waals surface area (Å²) in [7, 11) is -2.57. The number of nitrogens with one attached hydrogen (secondary N) is 2. The number of amides is 1. The van der Waals surface area contributed by atoms with Crippen LogP contribution in [-0.2, 0) is 14.9 Å². The molecule has 0 spiro atoms. The van der Waals surface area contributed by atoms with Crippen molar-refractivity contribution < 1.29 is 18.0 Å².